The molecule has 0 aliphatic rings. The van der Waals surface area contributed by atoms with Gasteiger partial charge in [-0.1, -0.05) is 29.5 Å². The van der Waals surface area contributed by atoms with Gasteiger partial charge in [-0.3, -0.25) is 0 Å². The Kier molecular flexibility index (Phi) is 6.58. The first-order valence-corrected chi connectivity index (χ1v) is 8.69. The molecule has 1 aromatic carbocycles. The van der Waals surface area contributed by atoms with Crippen molar-refractivity contribution in [1.82, 2.24) is 4.72 Å². The summed E-state index contributed by atoms with van der Waals surface area (Å²) in [4.78, 5) is 0.169. The van der Waals surface area contributed by atoms with Crippen LogP contribution in [0.3, 0.4) is 0 Å². The molecular weight excluding hydrogens is 330 g/mol. The number of rotatable bonds is 7. The maximum Gasteiger partial charge on any atom is 0.242 e. The molecule has 0 spiro atoms. The Morgan fingerprint density at radius 3 is 2.62 bits per heavy atom. The molecule has 0 saturated heterocycles. The topological polar surface area (TPSA) is 77.8 Å². The Bertz CT molecular complexity index is 786. The predicted molar refractivity (Wildman–Crippen MR) is 88.6 cm³/mol. The average molecular weight is 349 g/mol. The van der Waals surface area contributed by atoms with E-state index in [2.05, 4.69) is 16.6 Å². The summed E-state index contributed by atoms with van der Waals surface area (Å²) in [6.07, 6.45) is 1.46. The fraction of sp³-hybridized carbons (Fsp3) is 0.294. The molecule has 0 radical (unpaired) electrons. The van der Waals surface area contributed by atoms with Crippen molar-refractivity contribution in [2.24, 2.45) is 0 Å². The van der Waals surface area contributed by atoms with Gasteiger partial charge < -0.3 is 13.9 Å². The molecule has 24 heavy (non-hydrogen) atoms. The van der Waals surface area contributed by atoms with E-state index in [0.29, 0.717) is 5.76 Å². The average Bonchev–Trinajstić information content (AvgIpc) is 3.08. The van der Waals surface area contributed by atoms with Crippen LogP contribution in [0.1, 0.15) is 17.4 Å². The van der Waals surface area contributed by atoms with Gasteiger partial charge in [-0.25, -0.2) is 8.42 Å². The first-order chi connectivity index (χ1) is 11.5. The number of benzene rings is 1. The monoisotopic (exact) mass is 349 g/mol. The molecule has 0 aliphatic carbocycles. The van der Waals surface area contributed by atoms with Crippen molar-refractivity contribution >= 4 is 10.0 Å². The molecule has 0 aliphatic heterocycles. The zero-order valence-corrected chi connectivity index (χ0v) is 14.3. The van der Waals surface area contributed by atoms with Gasteiger partial charge in [0.05, 0.1) is 11.2 Å². The molecule has 1 N–H and O–H groups in total. The lowest BCUT2D eigenvalue weighted by Crippen LogP contribution is -2.27. The fourth-order valence-corrected chi connectivity index (χ4v) is 2.99. The van der Waals surface area contributed by atoms with Gasteiger partial charge in [0.15, 0.2) is 0 Å². The summed E-state index contributed by atoms with van der Waals surface area (Å²) in [7, 11) is -2.22. The molecule has 1 heterocycles. The van der Waals surface area contributed by atoms with E-state index in [9.17, 15) is 8.42 Å². The lowest BCUT2D eigenvalue weighted by atomic mass is 10.2. The molecule has 1 aromatic heterocycles. The van der Waals surface area contributed by atoms with Crippen LogP contribution in [-0.2, 0) is 19.5 Å². The van der Waals surface area contributed by atoms with Crippen LogP contribution in [-0.4, -0.2) is 28.9 Å². The van der Waals surface area contributed by atoms with Crippen LogP contribution in [0, 0.1) is 18.8 Å². The molecule has 2 rings (SSSR count). The zero-order chi connectivity index (χ0) is 17.4. The second kappa shape index (κ2) is 8.66. The van der Waals surface area contributed by atoms with Crippen LogP contribution in [0.15, 0.2) is 52.0 Å². The van der Waals surface area contributed by atoms with Crippen molar-refractivity contribution in [3.63, 3.8) is 0 Å². The molecule has 0 amide bonds. The van der Waals surface area contributed by atoms with Crippen molar-refractivity contribution in [2.75, 3.05) is 20.5 Å². The number of hydrogen-bond acceptors (Lipinski definition) is 5. The van der Waals surface area contributed by atoms with Crippen molar-refractivity contribution in [3.8, 4) is 11.8 Å². The summed E-state index contributed by atoms with van der Waals surface area (Å²) in [6, 6.07) is 9.09. The number of aryl methyl sites for hydroxylation is 1. The number of hydrogen-bond donors (Lipinski definition) is 1. The van der Waals surface area contributed by atoms with E-state index in [1.165, 1.54) is 13.4 Å². The van der Waals surface area contributed by atoms with Gasteiger partial charge in [-0.2, -0.15) is 4.72 Å². The Morgan fingerprint density at radius 1 is 1.25 bits per heavy atom. The highest BCUT2D eigenvalue weighted by atomic mass is 32.2. The van der Waals surface area contributed by atoms with Crippen molar-refractivity contribution in [3.05, 3.63) is 54.0 Å². The van der Waals surface area contributed by atoms with Crippen LogP contribution in [0.25, 0.3) is 0 Å². The van der Waals surface area contributed by atoms with Crippen molar-refractivity contribution in [2.45, 2.75) is 17.9 Å². The fourth-order valence-electron chi connectivity index (χ4n) is 1.87. The third-order valence-corrected chi connectivity index (χ3v) is 4.49. The first kappa shape index (κ1) is 18.2. The number of nitrogens with one attached hydrogen (secondary N) is 1. The summed E-state index contributed by atoms with van der Waals surface area (Å²) >= 11 is 0. The Hall–Kier alpha value is -2.11. The second-order valence-corrected chi connectivity index (χ2v) is 6.67. The van der Waals surface area contributed by atoms with Crippen LogP contribution in [0.2, 0.25) is 0 Å². The number of sulfonamides is 1. The van der Waals surface area contributed by atoms with Gasteiger partial charge in [0, 0.05) is 7.11 Å². The predicted octanol–water partition coefficient (Wildman–Crippen LogP) is 2.23. The molecule has 1 unspecified atom stereocenters. The van der Waals surface area contributed by atoms with Gasteiger partial charge in [0.25, 0.3) is 0 Å². The molecule has 0 saturated carbocycles. The third-order valence-electron chi connectivity index (χ3n) is 3.05. The molecule has 128 valence electrons. The maximum atomic E-state index is 12.5. The highest BCUT2D eigenvalue weighted by molar-refractivity contribution is 7.89. The number of methoxy groups -OCH3 is 1. The van der Waals surface area contributed by atoms with Gasteiger partial charge in [0.2, 0.25) is 10.0 Å². The SMILES string of the molecule is COCOCC#CC(NS(=O)(=O)c1ccc(C)cc1)c1ccco1. The summed E-state index contributed by atoms with van der Waals surface area (Å²) in [5.74, 6) is 5.96. The Balaban J connectivity index is 2.17. The highest BCUT2D eigenvalue weighted by Crippen LogP contribution is 2.17. The van der Waals surface area contributed by atoms with E-state index in [-0.39, 0.29) is 18.3 Å². The highest BCUT2D eigenvalue weighted by Gasteiger charge is 2.21. The second-order valence-electron chi connectivity index (χ2n) is 4.96. The summed E-state index contributed by atoms with van der Waals surface area (Å²) in [5, 5.41) is 0. The summed E-state index contributed by atoms with van der Waals surface area (Å²) in [6.45, 7) is 2.13. The normalized spacial score (nSPS) is 12.4. The minimum atomic E-state index is -3.73. The summed E-state index contributed by atoms with van der Waals surface area (Å²) < 4.78 is 42.7. The lowest BCUT2D eigenvalue weighted by Gasteiger charge is -2.12. The molecule has 0 fully saturated rings. The molecule has 7 heteroatoms. The molecular formula is C17H19NO5S. The number of ether oxygens (including phenoxy) is 2. The van der Waals surface area contributed by atoms with E-state index < -0.39 is 16.1 Å². The standard InChI is InChI=1S/C17H19NO5S/c1-14-7-9-15(10-8-14)24(19,20)18-16(17-6-4-12-23-17)5-3-11-22-13-21-2/h4,6-10,12,16,18H,11,13H2,1-2H3. The van der Waals surface area contributed by atoms with Gasteiger partial charge in [0.1, 0.15) is 25.2 Å². The number of furan rings is 1. The maximum absolute atomic E-state index is 12.5. The van der Waals surface area contributed by atoms with E-state index in [0.717, 1.165) is 5.56 Å². The van der Waals surface area contributed by atoms with Crippen molar-refractivity contribution in [1.29, 1.82) is 0 Å². The van der Waals surface area contributed by atoms with Crippen molar-refractivity contribution < 1.29 is 22.3 Å². The molecule has 6 nitrogen and oxygen atoms in total. The third kappa shape index (κ3) is 5.22. The van der Waals surface area contributed by atoms with E-state index >= 15 is 0 Å². The minimum Gasteiger partial charge on any atom is -0.467 e. The quantitative estimate of drug-likeness (QED) is 0.471. The van der Waals surface area contributed by atoms with Gasteiger partial charge in [-0.05, 0) is 31.2 Å². The molecule has 1 atom stereocenters. The molecule has 2 aromatic rings. The van der Waals surface area contributed by atoms with Crippen LogP contribution in [0.4, 0.5) is 0 Å². The Morgan fingerprint density at radius 2 is 2.00 bits per heavy atom. The van der Waals surface area contributed by atoms with E-state index in [1.807, 2.05) is 6.92 Å². The van der Waals surface area contributed by atoms with Gasteiger partial charge in [-0.15, -0.1) is 0 Å². The van der Waals surface area contributed by atoms with Crippen LogP contribution in [0.5, 0.6) is 0 Å². The van der Waals surface area contributed by atoms with Gasteiger partial charge >= 0.3 is 0 Å². The van der Waals surface area contributed by atoms with Crippen LogP contribution >= 0.6 is 0 Å². The molecule has 0 bridgehead atoms. The van der Waals surface area contributed by atoms with E-state index in [4.69, 9.17) is 13.9 Å². The van der Waals surface area contributed by atoms with E-state index in [1.54, 1.807) is 36.4 Å². The lowest BCUT2D eigenvalue weighted by molar-refractivity contribution is -0.0166. The summed E-state index contributed by atoms with van der Waals surface area (Å²) in [5.41, 5.74) is 0.978. The Labute approximate surface area is 141 Å². The van der Waals surface area contributed by atoms with Crippen LogP contribution < -0.4 is 4.72 Å². The zero-order valence-electron chi connectivity index (χ0n) is 13.5. The smallest absolute Gasteiger partial charge is 0.242 e. The minimum absolute atomic E-state index is 0.120. The largest absolute Gasteiger partial charge is 0.467 e. The first-order valence-electron chi connectivity index (χ1n) is 7.20.